The molecule has 0 N–H and O–H groups in total. The molecule has 0 radical (unpaired) electrons. The van der Waals surface area contributed by atoms with E-state index in [-0.39, 0.29) is 0 Å². The number of carbonyl (C=O) groups excluding carboxylic acids is 1. The highest BCUT2D eigenvalue weighted by Gasteiger charge is 2.26. The van der Waals surface area contributed by atoms with Crippen LogP contribution in [0.3, 0.4) is 0 Å². The molecule has 2 aliphatic rings. The fourth-order valence-corrected chi connectivity index (χ4v) is 4.01. The summed E-state index contributed by atoms with van der Waals surface area (Å²) in [6.07, 6.45) is 3.80. The maximum absolute atomic E-state index is 12.6. The number of aromatic nitrogens is 2. The van der Waals surface area contributed by atoms with Crippen LogP contribution in [-0.4, -0.2) is 71.5 Å². The van der Waals surface area contributed by atoms with E-state index in [9.17, 15) is 4.79 Å². The molecule has 3 rings (SSSR count). The third-order valence-electron chi connectivity index (χ3n) is 5.81. The fourth-order valence-electron chi connectivity index (χ4n) is 4.01. The van der Waals surface area contributed by atoms with E-state index in [1.165, 1.54) is 0 Å². The Morgan fingerprint density at radius 1 is 1.08 bits per heavy atom. The number of likely N-dealkylation sites (N-methyl/N-ethyl adjacent to an activating group) is 1. The van der Waals surface area contributed by atoms with Crippen LogP contribution in [0.25, 0.3) is 0 Å². The molecule has 1 aromatic heterocycles. The number of anilines is 1. The number of aryl methyl sites for hydroxylation is 2. The van der Waals surface area contributed by atoms with E-state index in [1.54, 1.807) is 0 Å². The molecule has 2 aliphatic heterocycles. The van der Waals surface area contributed by atoms with Crippen LogP contribution in [0.4, 0.5) is 5.82 Å². The lowest BCUT2D eigenvalue weighted by Gasteiger charge is -2.36. The minimum Gasteiger partial charge on any atom is -0.356 e. The standard InChI is InChI=1S/C20H33N5O/c1-4-18-15-19(22-16(3)21-18)24-8-6-17(7-9-24)14-20(26)25-12-10-23(5-2)11-13-25/h15,17H,4-14H2,1-3H3. The molecule has 0 saturated carbocycles. The van der Waals surface area contributed by atoms with Crippen LogP contribution in [-0.2, 0) is 11.2 Å². The minimum absolute atomic E-state index is 0.352. The molecular weight excluding hydrogens is 326 g/mol. The zero-order chi connectivity index (χ0) is 18.5. The van der Waals surface area contributed by atoms with Gasteiger partial charge in [0.05, 0.1) is 0 Å². The molecule has 6 heteroatoms. The van der Waals surface area contributed by atoms with Crippen molar-refractivity contribution in [2.75, 3.05) is 50.7 Å². The molecule has 1 aromatic rings. The first kappa shape index (κ1) is 19.1. The van der Waals surface area contributed by atoms with Gasteiger partial charge in [-0.1, -0.05) is 13.8 Å². The second-order valence-corrected chi connectivity index (χ2v) is 7.57. The lowest BCUT2D eigenvalue weighted by Crippen LogP contribution is -2.49. The maximum Gasteiger partial charge on any atom is 0.222 e. The van der Waals surface area contributed by atoms with Crippen molar-refractivity contribution in [3.8, 4) is 0 Å². The van der Waals surface area contributed by atoms with Crippen LogP contribution in [0.5, 0.6) is 0 Å². The van der Waals surface area contributed by atoms with Crippen molar-refractivity contribution in [1.82, 2.24) is 19.8 Å². The van der Waals surface area contributed by atoms with Crippen molar-refractivity contribution in [2.24, 2.45) is 5.92 Å². The van der Waals surface area contributed by atoms with Gasteiger partial charge in [0.1, 0.15) is 11.6 Å². The maximum atomic E-state index is 12.6. The second-order valence-electron chi connectivity index (χ2n) is 7.57. The normalized spacial score (nSPS) is 19.8. The molecule has 1 amide bonds. The van der Waals surface area contributed by atoms with Crippen LogP contribution in [0, 0.1) is 12.8 Å². The second kappa shape index (κ2) is 8.80. The van der Waals surface area contributed by atoms with Gasteiger partial charge in [0.15, 0.2) is 0 Å². The molecule has 3 heterocycles. The lowest BCUT2D eigenvalue weighted by atomic mass is 9.93. The number of amides is 1. The van der Waals surface area contributed by atoms with Gasteiger partial charge < -0.3 is 14.7 Å². The molecule has 6 nitrogen and oxygen atoms in total. The SMILES string of the molecule is CCc1cc(N2CCC(CC(=O)N3CCN(CC)CC3)CC2)nc(C)n1. The first-order chi connectivity index (χ1) is 12.6. The average molecular weight is 360 g/mol. The molecule has 0 unspecified atom stereocenters. The van der Waals surface area contributed by atoms with Gasteiger partial charge >= 0.3 is 0 Å². The Bertz CT molecular complexity index is 604. The van der Waals surface area contributed by atoms with Crippen molar-refractivity contribution in [2.45, 2.75) is 46.5 Å². The van der Waals surface area contributed by atoms with Gasteiger partial charge in [0, 0.05) is 57.4 Å². The number of hydrogen-bond acceptors (Lipinski definition) is 5. The van der Waals surface area contributed by atoms with E-state index in [0.29, 0.717) is 18.2 Å². The van der Waals surface area contributed by atoms with E-state index in [0.717, 1.165) is 82.4 Å². The van der Waals surface area contributed by atoms with Crippen LogP contribution >= 0.6 is 0 Å². The number of piperidine rings is 1. The monoisotopic (exact) mass is 359 g/mol. The molecule has 144 valence electrons. The molecule has 0 bridgehead atoms. The van der Waals surface area contributed by atoms with E-state index >= 15 is 0 Å². The Kier molecular flexibility index (Phi) is 6.46. The summed E-state index contributed by atoms with van der Waals surface area (Å²) < 4.78 is 0. The van der Waals surface area contributed by atoms with Gasteiger partial charge in [-0.15, -0.1) is 0 Å². The van der Waals surface area contributed by atoms with Crippen molar-refractivity contribution in [3.63, 3.8) is 0 Å². The summed E-state index contributed by atoms with van der Waals surface area (Å²) in [4.78, 5) is 28.5. The highest BCUT2D eigenvalue weighted by Crippen LogP contribution is 2.25. The average Bonchev–Trinajstić information content (AvgIpc) is 2.68. The molecule has 2 fully saturated rings. The summed E-state index contributed by atoms with van der Waals surface area (Å²) in [5, 5.41) is 0. The summed E-state index contributed by atoms with van der Waals surface area (Å²) in [5.41, 5.74) is 1.11. The van der Waals surface area contributed by atoms with Gasteiger partial charge in [0.25, 0.3) is 0 Å². The Labute approximate surface area is 157 Å². The van der Waals surface area contributed by atoms with Gasteiger partial charge in [-0.25, -0.2) is 9.97 Å². The zero-order valence-corrected chi connectivity index (χ0v) is 16.6. The number of piperazine rings is 1. The highest BCUT2D eigenvalue weighted by atomic mass is 16.2. The summed E-state index contributed by atoms with van der Waals surface area (Å²) in [7, 11) is 0. The van der Waals surface area contributed by atoms with Gasteiger partial charge in [-0.2, -0.15) is 0 Å². The number of carbonyl (C=O) groups is 1. The molecule has 0 aliphatic carbocycles. The number of hydrogen-bond donors (Lipinski definition) is 0. The van der Waals surface area contributed by atoms with Crippen molar-refractivity contribution >= 4 is 11.7 Å². The summed E-state index contributed by atoms with van der Waals surface area (Å²) >= 11 is 0. The smallest absolute Gasteiger partial charge is 0.222 e. The highest BCUT2D eigenvalue weighted by molar-refractivity contribution is 5.76. The summed E-state index contributed by atoms with van der Waals surface area (Å²) in [6, 6.07) is 2.12. The van der Waals surface area contributed by atoms with Gasteiger partial charge in [-0.05, 0) is 38.6 Å². The number of nitrogens with zero attached hydrogens (tertiary/aromatic N) is 5. The van der Waals surface area contributed by atoms with Crippen molar-refractivity contribution in [3.05, 3.63) is 17.6 Å². The third kappa shape index (κ3) is 4.72. The first-order valence-electron chi connectivity index (χ1n) is 10.2. The van der Waals surface area contributed by atoms with Crippen LogP contribution in [0.1, 0.15) is 44.6 Å². The van der Waals surface area contributed by atoms with Crippen LogP contribution in [0.2, 0.25) is 0 Å². The number of rotatable bonds is 5. The molecule has 0 spiro atoms. The Balaban J connectivity index is 1.48. The van der Waals surface area contributed by atoms with Gasteiger partial charge in [0.2, 0.25) is 5.91 Å². The molecule has 0 atom stereocenters. The van der Waals surface area contributed by atoms with Crippen molar-refractivity contribution < 1.29 is 4.79 Å². The van der Waals surface area contributed by atoms with Crippen LogP contribution < -0.4 is 4.90 Å². The van der Waals surface area contributed by atoms with E-state index in [4.69, 9.17) is 0 Å². The van der Waals surface area contributed by atoms with E-state index in [1.807, 2.05) is 6.92 Å². The quantitative estimate of drug-likeness (QED) is 0.806. The first-order valence-corrected chi connectivity index (χ1v) is 10.2. The molecule has 2 saturated heterocycles. The third-order valence-corrected chi connectivity index (χ3v) is 5.81. The summed E-state index contributed by atoms with van der Waals surface area (Å²) in [5.74, 6) is 2.76. The minimum atomic E-state index is 0.352. The molecule has 26 heavy (non-hydrogen) atoms. The van der Waals surface area contributed by atoms with E-state index in [2.05, 4.69) is 44.6 Å². The predicted octanol–water partition coefficient (Wildman–Crippen LogP) is 2.12. The van der Waals surface area contributed by atoms with Crippen LogP contribution in [0.15, 0.2) is 6.07 Å². The Morgan fingerprint density at radius 2 is 1.77 bits per heavy atom. The predicted molar refractivity (Wildman–Crippen MR) is 104 cm³/mol. The topological polar surface area (TPSA) is 52.6 Å². The Hall–Kier alpha value is -1.69. The molecule has 0 aromatic carbocycles. The van der Waals surface area contributed by atoms with Crippen molar-refractivity contribution in [1.29, 1.82) is 0 Å². The Morgan fingerprint density at radius 3 is 2.38 bits per heavy atom. The van der Waals surface area contributed by atoms with Gasteiger partial charge in [-0.3, -0.25) is 4.79 Å². The largest absolute Gasteiger partial charge is 0.356 e. The zero-order valence-electron chi connectivity index (χ0n) is 16.6. The fraction of sp³-hybridized carbons (Fsp3) is 0.750. The van der Waals surface area contributed by atoms with E-state index < -0.39 is 0 Å². The lowest BCUT2D eigenvalue weighted by molar-refractivity contribution is -0.134. The molecular formula is C20H33N5O. The summed E-state index contributed by atoms with van der Waals surface area (Å²) in [6.45, 7) is 13.2.